The molecule has 0 spiro atoms. The number of fused-ring (bicyclic) bond motifs is 5. The summed E-state index contributed by atoms with van der Waals surface area (Å²) in [7, 11) is 0. The van der Waals surface area contributed by atoms with Crippen LogP contribution in [0.15, 0.2) is 11.6 Å². The molecule has 4 rings (SSSR count). The van der Waals surface area contributed by atoms with Crippen LogP contribution in [0.3, 0.4) is 0 Å². The van der Waals surface area contributed by atoms with Gasteiger partial charge in [0.15, 0.2) is 5.78 Å². The zero-order valence-electron chi connectivity index (χ0n) is 24.5. The molecule has 37 heavy (non-hydrogen) atoms. The number of rotatable bonds is 6. The minimum Gasteiger partial charge on any atom is -0.462 e. The van der Waals surface area contributed by atoms with Gasteiger partial charge in [-0.15, -0.1) is 0 Å². The van der Waals surface area contributed by atoms with Crippen LogP contribution in [0.5, 0.6) is 0 Å². The van der Waals surface area contributed by atoms with Crippen LogP contribution < -0.4 is 0 Å². The monoisotopic (exact) mass is 514 g/mol. The Balaban J connectivity index is 1.81. The van der Waals surface area contributed by atoms with Gasteiger partial charge in [-0.05, 0) is 91.8 Å². The molecule has 0 radical (unpaired) electrons. The van der Waals surface area contributed by atoms with E-state index >= 15 is 0 Å². The standard InChI is InChI=1S/C32H50O5/c1-9-29(5)12-10-13-30(6)26(29)11-14-31(7)27(30)16-23(25(36)15-19(2)37-21(4)34)32(8)18-22(20(3)33)24(35)17-28(31)32/h18-19,23-24,26-28,35H,9-17H2,1-8H3/t19?,23-,24-,26+,27-,28+,29+,30+,31-,32+/m1/s1. The van der Waals surface area contributed by atoms with Crippen LogP contribution in [0.1, 0.15) is 113 Å². The lowest BCUT2D eigenvalue weighted by Gasteiger charge is -2.70. The molecule has 10 atom stereocenters. The molecule has 0 aliphatic heterocycles. The van der Waals surface area contributed by atoms with Crippen LogP contribution in [-0.2, 0) is 19.1 Å². The molecular formula is C32H50O5. The predicted octanol–water partition coefficient (Wildman–Crippen LogP) is 6.46. The Bertz CT molecular complexity index is 984. The lowest BCUT2D eigenvalue weighted by molar-refractivity contribution is -0.209. The van der Waals surface area contributed by atoms with E-state index in [4.69, 9.17) is 4.74 Å². The van der Waals surface area contributed by atoms with Gasteiger partial charge in [-0.3, -0.25) is 14.4 Å². The van der Waals surface area contributed by atoms with Gasteiger partial charge in [-0.25, -0.2) is 0 Å². The zero-order chi connectivity index (χ0) is 27.6. The first-order valence-electron chi connectivity index (χ1n) is 14.7. The number of Topliss-reactive ketones (excluding diaryl/α,β-unsaturated/α-hetero) is 2. The van der Waals surface area contributed by atoms with E-state index in [-0.39, 0.29) is 46.6 Å². The molecule has 0 aromatic heterocycles. The number of aliphatic hydroxyl groups is 1. The van der Waals surface area contributed by atoms with Crippen LogP contribution in [-0.4, -0.2) is 34.9 Å². The smallest absolute Gasteiger partial charge is 0.302 e. The van der Waals surface area contributed by atoms with Crippen molar-refractivity contribution in [3.05, 3.63) is 11.6 Å². The van der Waals surface area contributed by atoms with Crippen molar-refractivity contribution in [2.24, 2.45) is 45.3 Å². The molecule has 0 heterocycles. The number of ketones is 2. The van der Waals surface area contributed by atoms with E-state index in [1.165, 1.54) is 46.0 Å². The van der Waals surface area contributed by atoms with Gasteiger partial charge < -0.3 is 9.84 Å². The highest BCUT2D eigenvalue weighted by Gasteiger charge is 2.67. The summed E-state index contributed by atoms with van der Waals surface area (Å²) >= 11 is 0. The molecule has 5 nitrogen and oxygen atoms in total. The fraction of sp³-hybridized carbons (Fsp3) is 0.844. The van der Waals surface area contributed by atoms with Gasteiger partial charge in [0, 0.05) is 24.8 Å². The number of esters is 1. The Labute approximate surface area is 224 Å². The molecule has 0 aromatic rings. The maximum atomic E-state index is 14.1. The largest absolute Gasteiger partial charge is 0.462 e. The van der Waals surface area contributed by atoms with Crippen molar-refractivity contribution in [2.75, 3.05) is 0 Å². The molecule has 0 saturated heterocycles. The number of hydrogen-bond acceptors (Lipinski definition) is 5. The molecule has 5 heteroatoms. The second-order valence-electron chi connectivity index (χ2n) is 14.2. The molecule has 4 aliphatic rings. The Morgan fingerprint density at radius 3 is 2.24 bits per heavy atom. The van der Waals surface area contributed by atoms with E-state index < -0.39 is 17.6 Å². The van der Waals surface area contributed by atoms with Crippen molar-refractivity contribution in [1.82, 2.24) is 0 Å². The maximum absolute atomic E-state index is 14.1. The molecule has 0 aromatic carbocycles. The maximum Gasteiger partial charge on any atom is 0.302 e. The van der Waals surface area contributed by atoms with Crippen LogP contribution in [0.2, 0.25) is 0 Å². The Morgan fingerprint density at radius 1 is 1.00 bits per heavy atom. The van der Waals surface area contributed by atoms with E-state index in [0.717, 1.165) is 12.8 Å². The molecule has 208 valence electrons. The summed E-state index contributed by atoms with van der Waals surface area (Å²) in [5.74, 6) is 0.500. The Kier molecular flexibility index (Phi) is 7.40. The summed E-state index contributed by atoms with van der Waals surface area (Å²) in [5.41, 5.74) is 0.413. The van der Waals surface area contributed by atoms with E-state index in [1.54, 1.807) is 6.92 Å². The fourth-order valence-corrected chi connectivity index (χ4v) is 10.4. The number of carbonyl (C=O) groups is 3. The second kappa shape index (κ2) is 9.61. The van der Waals surface area contributed by atoms with Crippen molar-refractivity contribution < 1.29 is 24.2 Å². The zero-order valence-corrected chi connectivity index (χ0v) is 24.5. The third-order valence-electron chi connectivity index (χ3n) is 12.2. The van der Waals surface area contributed by atoms with Crippen molar-refractivity contribution in [2.45, 2.75) is 125 Å². The van der Waals surface area contributed by atoms with Crippen LogP contribution in [0.25, 0.3) is 0 Å². The van der Waals surface area contributed by atoms with Gasteiger partial charge in [0.05, 0.1) is 6.10 Å². The topological polar surface area (TPSA) is 80.7 Å². The van der Waals surface area contributed by atoms with Crippen LogP contribution >= 0.6 is 0 Å². The van der Waals surface area contributed by atoms with Crippen molar-refractivity contribution >= 4 is 17.5 Å². The van der Waals surface area contributed by atoms with Crippen molar-refractivity contribution in [3.8, 4) is 0 Å². The lowest BCUT2D eigenvalue weighted by Crippen LogP contribution is -2.65. The molecule has 3 fully saturated rings. The molecule has 1 N–H and O–H groups in total. The summed E-state index contributed by atoms with van der Waals surface area (Å²) in [6.45, 7) is 16.6. The second-order valence-corrected chi connectivity index (χ2v) is 14.2. The average molecular weight is 515 g/mol. The molecule has 0 amide bonds. The number of carbonyl (C=O) groups excluding carboxylic acids is 3. The van der Waals surface area contributed by atoms with Crippen LogP contribution in [0.4, 0.5) is 0 Å². The summed E-state index contributed by atoms with van der Waals surface area (Å²) < 4.78 is 5.36. The van der Waals surface area contributed by atoms with Gasteiger partial charge >= 0.3 is 5.97 Å². The Hall–Kier alpha value is -1.49. The highest BCUT2D eigenvalue weighted by molar-refractivity contribution is 5.95. The van der Waals surface area contributed by atoms with E-state index in [2.05, 4.69) is 34.6 Å². The van der Waals surface area contributed by atoms with Gasteiger partial charge in [0.25, 0.3) is 0 Å². The SMILES string of the molecule is CC[C@@]1(C)CCC[C@]2(C)[C@H]3C[C@H](C(=O)CC(C)OC(C)=O)[C@]4(C)C=C(C(C)=O)[C@H](O)C[C@H]4[C@]3(C)CC[C@@H]12. The first-order valence-corrected chi connectivity index (χ1v) is 14.7. The minimum absolute atomic E-state index is 0.00985. The van der Waals surface area contributed by atoms with Gasteiger partial charge in [-0.2, -0.15) is 0 Å². The summed E-state index contributed by atoms with van der Waals surface area (Å²) in [4.78, 5) is 38.2. The van der Waals surface area contributed by atoms with Gasteiger partial charge in [-0.1, -0.05) is 53.5 Å². The molecular weight excluding hydrogens is 464 g/mol. The highest BCUT2D eigenvalue weighted by Crippen LogP contribution is 2.73. The van der Waals surface area contributed by atoms with E-state index in [0.29, 0.717) is 29.2 Å². The summed E-state index contributed by atoms with van der Waals surface area (Å²) in [6, 6.07) is 0. The first-order chi connectivity index (χ1) is 17.1. The summed E-state index contributed by atoms with van der Waals surface area (Å²) in [6.07, 6.45) is 9.44. The third kappa shape index (κ3) is 4.45. The van der Waals surface area contributed by atoms with E-state index in [1.807, 2.05) is 6.08 Å². The molecule has 1 unspecified atom stereocenters. The van der Waals surface area contributed by atoms with Crippen LogP contribution in [0, 0.1) is 45.3 Å². The van der Waals surface area contributed by atoms with Crippen molar-refractivity contribution in [3.63, 3.8) is 0 Å². The number of ether oxygens (including phenoxy) is 1. The average Bonchev–Trinajstić information content (AvgIpc) is 2.78. The molecule has 4 aliphatic carbocycles. The predicted molar refractivity (Wildman–Crippen MR) is 145 cm³/mol. The minimum atomic E-state index is -0.778. The molecule has 0 bridgehead atoms. The highest BCUT2D eigenvalue weighted by atomic mass is 16.5. The quantitative estimate of drug-likeness (QED) is 0.412. The van der Waals surface area contributed by atoms with E-state index in [9.17, 15) is 19.5 Å². The molecule has 3 saturated carbocycles. The number of allylic oxidation sites excluding steroid dienone is 1. The normalized spacial score (nSPS) is 46.0. The first kappa shape index (κ1) is 28.5. The summed E-state index contributed by atoms with van der Waals surface area (Å²) in [5, 5.41) is 11.2. The van der Waals surface area contributed by atoms with Gasteiger partial charge in [0.1, 0.15) is 11.9 Å². The number of hydrogen-bond donors (Lipinski definition) is 1. The number of aliphatic hydroxyl groups excluding tert-OH is 1. The lowest BCUT2D eigenvalue weighted by atomic mass is 9.34. The third-order valence-corrected chi connectivity index (χ3v) is 12.2. The Morgan fingerprint density at radius 2 is 1.65 bits per heavy atom. The fourth-order valence-electron chi connectivity index (χ4n) is 10.4. The van der Waals surface area contributed by atoms with Crippen molar-refractivity contribution in [1.29, 1.82) is 0 Å². The van der Waals surface area contributed by atoms with Gasteiger partial charge in [0.2, 0.25) is 0 Å².